The third-order valence-corrected chi connectivity index (χ3v) is 2.15. The van der Waals surface area contributed by atoms with E-state index in [4.69, 9.17) is 16.2 Å². The number of ether oxygens (including phenoxy) is 1. The second-order valence-electron chi connectivity index (χ2n) is 3.54. The normalized spacial score (nSPS) is 10.0. The van der Waals surface area contributed by atoms with E-state index in [9.17, 15) is 0 Å². The van der Waals surface area contributed by atoms with Crippen molar-refractivity contribution < 1.29 is 4.74 Å². The van der Waals surface area contributed by atoms with E-state index in [2.05, 4.69) is 15.1 Å². The maximum absolute atomic E-state index is 5.54. The molecule has 1 heterocycles. The Hall–Kier alpha value is -2.57. The quantitative estimate of drug-likeness (QED) is 0.581. The fourth-order valence-electron chi connectivity index (χ4n) is 1.37. The first-order chi connectivity index (χ1) is 8.74. The average Bonchev–Trinajstić information content (AvgIpc) is 2.84. The van der Waals surface area contributed by atoms with Crippen LogP contribution >= 0.6 is 0 Å². The summed E-state index contributed by atoms with van der Waals surface area (Å²) in [6.07, 6.45) is 3.13. The minimum atomic E-state index is 0.0369. The number of benzene rings is 1. The summed E-state index contributed by atoms with van der Waals surface area (Å²) in [7, 11) is 0. The highest BCUT2D eigenvalue weighted by Gasteiger charge is 1.96. The predicted octanol–water partition coefficient (Wildman–Crippen LogP) is 0.262. The van der Waals surface area contributed by atoms with Crippen molar-refractivity contribution >= 4 is 11.6 Å². The van der Waals surface area contributed by atoms with Gasteiger partial charge in [0.1, 0.15) is 25.0 Å². The monoisotopic (exact) mass is 246 g/mol. The van der Waals surface area contributed by atoms with Crippen molar-refractivity contribution in [2.75, 3.05) is 6.61 Å². The molecule has 0 aliphatic heterocycles. The molecule has 0 radical (unpaired) electrons. The third kappa shape index (κ3) is 3.48. The van der Waals surface area contributed by atoms with Gasteiger partial charge < -0.3 is 16.2 Å². The molecule has 0 bridgehead atoms. The first kappa shape index (κ1) is 11.9. The molecular weight excluding hydrogens is 232 g/mol. The molecule has 1 aromatic carbocycles. The number of nitrogens with zero attached hydrogens (tertiary/aromatic N) is 4. The van der Waals surface area contributed by atoms with Gasteiger partial charge in [0, 0.05) is 0 Å². The highest BCUT2D eigenvalue weighted by atomic mass is 16.5. The highest BCUT2D eigenvalue weighted by molar-refractivity contribution is 5.78. The maximum Gasteiger partial charge on any atom is 0.191 e. The molecule has 0 spiro atoms. The van der Waals surface area contributed by atoms with Gasteiger partial charge in [0.15, 0.2) is 5.96 Å². The SMILES string of the molecule is NC(N)=Nc1ccc(OCCn2cncn2)cc1. The molecule has 1 aromatic heterocycles. The van der Waals surface area contributed by atoms with E-state index >= 15 is 0 Å². The highest BCUT2D eigenvalue weighted by Crippen LogP contribution is 2.17. The first-order valence-corrected chi connectivity index (χ1v) is 5.39. The third-order valence-electron chi connectivity index (χ3n) is 2.15. The summed E-state index contributed by atoms with van der Waals surface area (Å²) in [5, 5.41) is 3.97. The lowest BCUT2D eigenvalue weighted by atomic mass is 10.3. The van der Waals surface area contributed by atoms with Gasteiger partial charge in [-0.05, 0) is 24.3 Å². The van der Waals surface area contributed by atoms with Crippen LogP contribution in [0.1, 0.15) is 0 Å². The van der Waals surface area contributed by atoms with E-state index in [0.717, 1.165) is 5.75 Å². The van der Waals surface area contributed by atoms with Crippen molar-refractivity contribution in [2.24, 2.45) is 16.5 Å². The lowest BCUT2D eigenvalue weighted by Crippen LogP contribution is -2.21. The van der Waals surface area contributed by atoms with Crippen molar-refractivity contribution in [1.29, 1.82) is 0 Å². The van der Waals surface area contributed by atoms with Gasteiger partial charge >= 0.3 is 0 Å². The van der Waals surface area contributed by atoms with Crippen molar-refractivity contribution in [3.8, 4) is 5.75 Å². The van der Waals surface area contributed by atoms with Crippen LogP contribution in [0.5, 0.6) is 5.75 Å². The lowest BCUT2D eigenvalue weighted by molar-refractivity contribution is 0.291. The zero-order chi connectivity index (χ0) is 12.8. The standard InChI is InChI=1S/C11H14N6O/c12-11(13)16-9-1-3-10(4-2-9)18-6-5-17-8-14-7-15-17/h1-4,7-8H,5-6H2,(H4,12,13,16). The summed E-state index contributed by atoms with van der Waals surface area (Å²) < 4.78 is 7.24. The van der Waals surface area contributed by atoms with Gasteiger partial charge in [-0.2, -0.15) is 5.10 Å². The number of aliphatic imine (C=N–C) groups is 1. The Kier molecular flexibility index (Phi) is 3.75. The van der Waals surface area contributed by atoms with Gasteiger partial charge in [-0.25, -0.2) is 14.7 Å². The van der Waals surface area contributed by atoms with Crippen LogP contribution in [0.25, 0.3) is 0 Å². The number of aromatic nitrogens is 3. The summed E-state index contributed by atoms with van der Waals surface area (Å²) >= 11 is 0. The molecule has 0 unspecified atom stereocenters. The van der Waals surface area contributed by atoms with Crippen molar-refractivity contribution in [3.05, 3.63) is 36.9 Å². The Morgan fingerprint density at radius 2 is 2.06 bits per heavy atom. The number of hydrogen-bond acceptors (Lipinski definition) is 4. The molecule has 0 amide bonds. The van der Waals surface area contributed by atoms with Gasteiger partial charge in [0.05, 0.1) is 12.2 Å². The predicted molar refractivity (Wildman–Crippen MR) is 67.4 cm³/mol. The van der Waals surface area contributed by atoms with E-state index in [1.54, 1.807) is 23.1 Å². The van der Waals surface area contributed by atoms with Gasteiger partial charge in [-0.3, -0.25) is 0 Å². The fraction of sp³-hybridized carbons (Fsp3) is 0.182. The second-order valence-corrected chi connectivity index (χ2v) is 3.54. The molecule has 0 fully saturated rings. The minimum absolute atomic E-state index is 0.0369. The molecule has 2 aromatic rings. The molecule has 2 rings (SSSR count). The van der Waals surface area contributed by atoms with Gasteiger partial charge in [-0.15, -0.1) is 0 Å². The van der Waals surface area contributed by atoms with Crippen LogP contribution in [0.15, 0.2) is 41.9 Å². The van der Waals surface area contributed by atoms with Crippen LogP contribution < -0.4 is 16.2 Å². The first-order valence-electron chi connectivity index (χ1n) is 5.39. The molecule has 0 saturated heterocycles. The lowest BCUT2D eigenvalue weighted by Gasteiger charge is -2.06. The van der Waals surface area contributed by atoms with Gasteiger partial charge in [0.25, 0.3) is 0 Å². The molecule has 0 aliphatic rings. The molecule has 94 valence electrons. The number of rotatable bonds is 5. The number of nitrogens with two attached hydrogens (primary N) is 2. The Labute approximate surface area is 104 Å². The van der Waals surface area contributed by atoms with Crippen LogP contribution in [-0.2, 0) is 6.54 Å². The molecule has 0 atom stereocenters. The van der Waals surface area contributed by atoms with Crippen LogP contribution in [-0.4, -0.2) is 27.3 Å². The van der Waals surface area contributed by atoms with Crippen molar-refractivity contribution in [2.45, 2.75) is 6.54 Å². The summed E-state index contributed by atoms with van der Waals surface area (Å²) in [5.74, 6) is 0.791. The molecule has 7 heteroatoms. The summed E-state index contributed by atoms with van der Waals surface area (Å²) in [6, 6.07) is 7.18. The Bertz CT molecular complexity index is 501. The largest absolute Gasteiger partial charge is 0.492 e. The van der Waals surface area contributed by atoms with E-state index in [-0.39, 0.29) is 5.96 Å². The van der Waals surface area contributed by atoms with E-state index in [1.807, 2.05) is 12.1 Å². The van der Waals surface area contributed by atoms with Crippen molar-refractivity contribution in [3.63, 3.8) is 0 Å². The maximum atomic E-state index is 5.54. The Morgan fingerprint density at radius 1 is 1.28 bits per heavy atom. The zero-order valence-corrected chi connectivity index (χ0v) is 9.73. The summed E-state index contributed by atoms with van der Waals surface area (Å²) in [6.45, 7) is 1.17. The molecule has 4 N–H and O–H groups in total. The van der Waals surface area contributed by atoms with E-state index < -0.39 is 0 Å². The smallest absolute Gasteiger partial charge is 0.191 e. The van der Waals surface area contributed by atoms with Crippen LogP contribution in [0, 0.1) is 0 Å². The minimum Gasteiger partial charge on any atom is -0.492 e. The van der Waals surface area contributed by atoms with Crippen molar-refractivity contribution in [1.82, 2.24) is 14.8 Å². The molecule has 0 aliphatic carbocycles. The Morgan fingerprint density at radius 3 is 2.67 bits per heavy atom. The molecule has 18 heavy (non-hydrogen) atoms. The fourth-order valence-corrected chi connectivity index (χ4v) is 1.37. The second kappa shape index (κ2) is 5.67. The average molecular weight is 246 g/mol. The van der Waals surface area contributed by atoms with Crippen LogP contribution in [0.4, 0.5) is 5.69 Å². The zero-order valence-electron chi connectivity index (χ0n) is 9.73. The number of hydrogen-bond donors (Lipinski definition) is 2. The van der Waals surface area contributed by atoms with Crippen LogP contribution in [0.3, 0.4) is 0 Å². The Balaban J connectivity index is 1.85. The van der Waals surface area contributed by atoms with E-state index in [0.29, 0.717) is 18.8 Å². The topological polar surface area (TPSA) is 104 Å². The molecule has 7 nitrogen and oxygen atoms in total. The summed E-state index contributed by atoms with van der Waals surface area (Å²) in [4.78, 5) is 7.76. The molecular formula is C11H14N6O. The van der Waals surface area contributed by atoms with Gasteiger partial charge in [-0.1, -0.05) is 0 Å². The number of guanidine groups is 1. The van der Waals surface area contributed by atoms with Crippen LogP contribution in [0.2, 0.25) is 0 Å². The van der Waals surface area contributed by atoms with Gasteiger partial charge in [0.2, 0.25) is 0 Å². The van der Waals surface area contributed by atoms with E-state index in [1.165, 1.54) is 6.33 Å². The molecule has 0 saturated carbocycles. The summed E-state index contributed by atoms with van der Waals surface area (Å²) in [5.41, 5.74) is 11.2.